The van der Waals surface area contributed by atoms with Crippen LogP contribution in [0.4, 0.5) is 0 Å². The molecule has 1 aliphatic rings. The number of carbonyl (C=O) groups excluding carboxylic acids is 1. The van der Waals surface area contributed by atoms with E-state index in [0.717, 1.165) is 31.1 Å². The lowest BCUT2D eigenvalue weighted by molar-refractivity contribution is 0.0277. The van der Waals surface area contributed by atoms with Crippen LogP contribution in [-0.2, 0) is 11.3 Å². The Morgan fingerprint density at radius 1 is 1.15 bits per heavy atom. The molecule has 6 nitrogen and oxygen atoms in total. The molecular formula is C20H33IN4O2. The molecule has 0 atom stereocenters. The van der Waals surface area contributed by atoms with Gasteiger partial charge in [-0.05, 0) is 37.0 Å². The number of nitrogens with one attached hydrogen (secondary N) is 3. The van der Waals surface area contributed by atoms with Crippen LogP contribution in [0.3, 0.4) is 0 Å². The van der Waals surface area contributed by atoms with E-state index >= 15 is 0 Å². The Hall–Kier alpha value is -1.35. The lowest BCUT2D eigenvalue weighted by Gasteiger charge is -2.22. The second-order valence-corrected chi connectivity index (χ2v) is 6.61. The minimum Gasteiger partial charge on any atom is -0.378 e. The normalized spacial score (nSPS) is 15.0. The van der Waals surface area contributed by atoms with Gasteiger partial charge in [0.25, 0.3) is 5.91 Å². The van der Waals surface area contributed by atoms with Crippen LogP contribution in [0.15, 0.2) is 29.3 Å². The molecule has 1 amide bonds. The number of hydrogen-bond acceptors (Lipinski definition) is 3. The van der Waals surface area contributed by atoms with Crippen molar-refractivity contribution in [3.63, 3.8) is 0 Å². The predicted molar refractivity (Wildman–Crippen MR) is 121 cm³/mol. The fourth-order valence-corrected chi connectivity index (χ4v) is 3.09. The van der Waals surface area contributed by atoms with Crippen LogP contribution in [0.5, 0.6) is 0 Å². The second-order valence-electron chi connectivity index (χ2n) is 6.61. The van der Waals surface area contributed by atoms with Gasteiger partial charge in [0.15, 0.2) is 5.96 Å². The van der Waals surface area contributed by atoms with E-state index in [4.69, 9.17) is 4.74 Å². The minimum absolute atomic E-state index is 0. The third-order valence-electron chi connectivity index (χ3n) is 4.65. The summed E-state index contributed by atoms with van der Waals surface area (Å²) < 4.78 is 5.93. The molecule has 3 N–H and O–H groups in total. The van der Waals surface area contributed by atoms with Gasteiger partial charge < -0.3 is 20.7 Å². The zero-order valence-corrected chi connectivity index (χ0v) is 18.8. The van der Waals surface area contributed by atoms with Crippen LogP contribution >= 0.6 is 24.0 Å². The molecule has 0 radical (unpaired) electrons. The van der Waals surface area contributed by atoms with Gasteiger partial charge in [0.1, 0.15) is 0 Å². The molecule has 2 rings (SSSR count). The fraction of sp³-hybridized carbons (Fsp3) is 0.600. The molecular weight excluding hydrogens is 455 g/mol. The van der Waals surface area contributed by atoms with Gasteiger partial charge in [0.05, 0.1) is 6.10 Å². The number of nitrogens with zero attached hydrogens (tertiary/aromatic N) is 1. The third-order valence-corrected chi connectivity index (χ3v) is 4.65. The van der Waals surface area contributed by atoms with Crippen molar-refractivity contribution in [2.24, 2.45) is 4.99 Å². The smallest absolute Gasteiger partial charge is 0.251 e. The van der Waals surface area contributed by atoms with E-state index in [-0.39, 0.29) is 29.9 Å². The van der Waals surface area contributed by atoms with Gasteiger partial charge in [0.2, 0.25) is 0 Å². The molecule has 1 saturated carbocycles. The summed E-state index contributed by atoms with van der Waals surface area (Å²) in [5, 5.41) is 9.22. The van der Waals surface area contributed by atoms with E-state index in [2.05, 4.69) is 20.9 Å². The van der Waals surface area contributed by atoms with Crippen molar-refractivity contribution in [2.45, 2.75) is 51.2 Å². The number of rotatable bonds is 8. The minimum atomic E-state index is -0.0718. The number of ether oxygens (including phenoxy) is 1. The van der Waals surface area contributed by atoms with Crippen LogP contribution < -0.4 is 16.0 Å². The Balaban J connectivity index is 0.00000364. The quantitative estimate of drug-likeness (QED) is 0.228. The van der Waals surface area contributed by atoms with Crippen molar-refractivity contribution in [2.75, 3.05) is 27.2 Å². The number of guanidine groups is 1. The Morgan fingerprint density at radius 3 is 2.48 bits per heavy atom. The Morgan fingerprint density at radius 2 is 1.85 bits per heavy atom. The highest BCUT2D eigenvalue weighted by Gasteiger charge is 2.13. The molecule has 0 bridgehead atoms. The number of carbonyl (C=O) groups is 1. The lowest BCUT2D eigenvalue weighted by Crippen LogP contribution is -2.37. The van der Waals surface area contributed by atoms with Gasteiger partial charge in [0, 0.05) is 39.4 Å². The fourth-order valence-electron chi connectivity index (χ4n) is 3.09. The summed E-state index contributed by atoms with van der Waals surface area (Å²) in [6, 6.07) is 7.55. The van der Waals surface area contributed by atoms with Crippen LogP contribution in [0.25, 0.3) is 0 Å². The first-order valence-corrected chi connectivity index (χ1v) is 9.60. The molecule has 0 aliphatic heterocycles. The number of halogens is 1. The molecule has 152 valence electrons. The summed E-state index contributed by atoms with van der Waals surface area (Å²) in [5.74, 6) is 0.704. The van der Waals surface area contributed by atoms with E-state index in [0.29, 0.717) is 18.2 Å². The van der Waals surface area contributed by atoms with E-state index < -0.39 is 0 Å². The van der Waals surface area contributed by atoms with E-state index in [1.807, 2.05) is 24.3 Å². The third kappa shape index (κ3) is 8.92. The summed E-state index contributed by atoms with van der Waals surface area (Å²) in [6.07, 6.45) is 7.85. The molecule has 1 fully saturated rings. The molecule has 1 aromatic carbocycles. The maximum Gasteiger partial charge on any atom is 0.251 e. The molecule has 7 heteroatoms. The van der Waals surface area contributed by atoms with Crippen molar-refractivity contribution >= 4 is 35.8 Å². The Labute approximate surface area is 179 Å². The first-order chi connectivity index (χ1) is 12.7. The van der Waals surface area contributed by atoms with Gasteiger partial charge >= 0.3 is 0 Å². The van der Waals surface area contributed by atoms with Crippen LogP contribution in [0.1, 0.15) is 54.4 Å². The molecule has 0 unspecified atom stereocenters. The average molecular weight is 488 g/mol. The first kappa shape index (κ1) is 23.7. The maximum atomic E-state index is 11.5. The highest BCUT2D eigenvalue weighted by molar-refractivity contribution is 14.0. The Kier molecular flexibility index (Phi) is 12.1. The standard InChI is InChI=1S/C20H32N4O2.HI/c1-21-19(25)17-11-9-16(10-12-17)15-24-20(22-2)23-13-6-14-26-18-7-4-3-5-8-18;/h9-12,18H,3-8,13-15H2,1-2H3,(H,21,25)(H2,22,23,24);1H. The number of aliphatic imine (C=N–C) groups is 1. The van der Waals surface area contributed by atoms with Crippen molar-refractivity contribution in [3.8, 4) is 0 Å². The van der Waals surface area contributed by atoms with E-state index in [9.17, 15) is 4.79 Å². The monoisotopic (exact) mass is 488 g/mol. The molecule has 1 aliphatic carbocycles. The summed E-state index contributed by atoms with van der Waals surface area (Å²) >= 11 is 0. The van der Waals surface area contributed by atoms with Crippen LogP contribution in [0, 0.1) is 0 Å². The SMILES string of the molecule is CN=C(NCCCOC1CCCCC1)NCc1ccc(C(=O)NC)cc1.I. The van der Waals surface area contributed by atoms with Crippen molar-refractivity contribution in [1.29, 1.82) is 0 Å². The van der Waals surface area contributed by atoms with Gasteiger partial charge in [-0.15, -0.1) is 24.0 Å². The number of benzene rings is 1. The molecule has 0 heterocycles. The van der Waals surface area contributed by atoms with E-state index in [1.165, 1.54) is 32.1 Å². The van der Waals surface area contributed by atoms with Crippen molar-refractivity contribution in [3.05, 3.63) is 35.4 Å². The predicted octanol–water partition coefficient (Wildman–Crippen LogP) is 3.07. The molecule has 0 aromatic heterocycles. The highest BCUT2D eigenvalue weighted by atomic mass is 127. The summed E-state index contributed by atoms with van der Waals surface area (Å²) in [7, 11) is 3.40. The molecule has 0 spiro atoms. The summed E-state index contributed by atoms with van der Waals surface area (Å²) in [4.78, 5) is 15.8. The average Bonchev–Trinajstić information content (AvgIpc) is 2.70. The largest absolute Gasteiger partial charge is 0.378 e. The Bertz CT molecular complexity index is 572. The lowest BCUT2D eigenvalue weighted by atomic mass is 9.98. The maximum absolute atomic E-state index is 11.5. The van der Waals surface area contributed by atoms with Gasteiger partial charge in [-0.3, -0.25) is 9.79 Å². The van der Waals surface area contributed by atoms with Gasteiger partial charge in [-0.25, -0.2) is 0 Å². The zero-order chi connectivity index (χ0) is 18.6. The molecule has 0 saturated heterocycles. The van der Waals surface area contributed by atoms with Crippen LogP contribution in [0.2, 0.25) is 0 Å². The molecule has 27 heavy (non-hydrogen) atoms. The number of hydrogen-bond donors (Lipinski definition) is 3. The first-order valence-electron chi connectivity index (χ1n) is 9.60. The highest BCUT2D eigenvalue weighted by Crippen LogP contribution is 2.20. The molecule has 1 aromatic rings. The zero-order valence-electron chi connectivity index (χ0n) is 16.4. The summed E-state index contributed by atoms with van der Waals surface area (Å²) in [5.41, 5.74) is 1.76. The van der Waals surface area contributed by atoms with Crippen molar-refractivity contribution < 1.29 is 9.53 Å². The number of amides is 1. The van der Waals surface area contributed by atoms with Crippen molar-refractivity contribution in [1.82, 2.24) is 16.0 Å². The topological polar surface area (TPSA) is 74.8 Å². The second kappa shape index (κ2) is 13.8. The van der Waals surface area contributed by atoms with E-state index in [1.54, 1.807) is 14.1 Å². The van der Waals surface area contributed by atoms with Crippen LogP contribution in [-0.4, -0.2) is 45.2 Å². The summed E-state index contributed by atoms with van der Waals surface area (Å²) in [6.45, 7) is 2.30. The van der Waals surface area contributed by atoms with Gasteiger partial charge in [-0.2, -0.15) is 0 Å². The van der Waals surface area contributed by atoms with Gasteiger partial charge in [-0.1, -0.05) is 31.4 Å².